The van der Waals surface area contributed by atoms with E-state index in [4.69, 9.17) is 5.26 Å². The Bertz CT molecular complexity index is 646. The minimum Gasteiger partial charge on any atom is -0.326 e. The van der Waals surface area contributed by atoms with Crippen LogP contribution in [0.2, 0.25) is 0 Å². The summed E-state index contributed by atoms with van der Waals surface area (Å²) in [6.07, 6.45) is 1.23. The molecule has 0 atom stereocenters. The molecule has 0 unspecified atom stereocenters. The molecule has 0 aliphatic heterocycles. The van der Waals surface area contributed by atoms with Gasteiger partial charge in [0.2, 0.25) is 15.9 Å². The fraction of sp³-hybridized carbons (Fsp3) is 0.467. The average molecular weight is 323 g/mol. The van der Waals surface area contributed by atoms with Crippen LogP contribution >= 0.6 is 0 Å². The largest absolute Gasteiger partial charge is 0.326 e. The molecule has 22 heavy (non-hydrogen) atoms. The molecule has 1 N–H and O–H groups in total. The Morgan fingerprint density at radius 2 is 1.91 bits per heavy atom. The molecule has 0 spiro atoms. The zero-order valence-corrected chi connectivity index (χ0v) is 13.9. The number of sulfonamides is 1. The second-order valence-electron chi connectivity index (χ2n) is 5.50. The average Bonchev–Trinajstić information content (AvgIpc) is 2.42. The summed E-state index contributed by atoms with van der Waals surface area (Å²) in [4.78, 5) is 11.9. The van der Waals surface area contributed by atoms with Crippen molar-refractivity contribution in [3.63, 3.8) is 0 Å². The summed E-state index contributed by atoms with van der Waals surface area (Å²) in [6.45, 7) is 4.39. The van der Waals surface area contributed by atoms with E-state index < -0.39 is 10.0 Å². The zero-order valence-electron chi connectivity index (χ0n) is 13.0. The van der Waals surface area contributed by atoms with E-state index in [2.05, 4.69) is 5.32 Å². The SMILES string of the molecule is CC(C)CN(CCC(=O)Nc1ccc(C#N)cc1)S(C)(=O)=O. The Morgan fingerprint density at radius 1 is 1.32 bits per heavy atom. The first-order valence-corrected chi connectivity index (χ1v) is 8.82. The minimum absolute atomic E-state index is 0.0831. The van der Waals surface area contributed by atoms with Crippen molar-refractivity contribution in [3.05, 3.63) is 29.8 Å². The number of nitrogens with zero attached hydrogens (tertiary/aromatic N) is 2. The maximum absolute atomic E-state index is 11.9. The number of carbonyl (C=O) groups excluding carboxylic acids is 1. The van der Waals surface area contributed by atoms with E-state index in [0.29, 0.717) is 17.8 Å². The van der Waals surface area contributed by atoms with Gasteiger partial charge in [-0.25, -0.2) is 12.7 Å². The van der Waals surface area contributed by atoms with Gasteiger partial charge >= 0.3 is 0 Å². The highest BCUT2D eigenvalue weighted by Crippen LogP contribution is 2.10. The molecule has 0 aliphatic carbocycles. The quantitative estimate of drug-likeness (QED) is 0.828. The molecule has 0 fully saturated rings. The lowest BCUT2D eigenvalue weighted by atomic mass is 10.2. The van der Waals surface area contributed by atoms with Gasteiger partial charge in [-0.2, -0.15) is 5.26 Å². The van der Waals surface area contributed by atoms with Gasteiger partial charge in [0.25, 0.3) is 0 Å². The van der Waals surface area contributed by atoms with Crippen LogP contribution in [-0.2, 0) is 14.8 Å². The molecule has 0 heterocycles. The van der Waals surface area contributed by atoms with E-state index in [1.807, 2.05) is 19.9 Å². The van der Waals surface area contributed by atoms with E-state index in [9.17, 15) is 13.2 Å². The third kappa shape index (κ3) is 6.24. The van der Waals surface area contributed by atoms with Gasteiger partial charge in [-0.3, -0.25) is 4.79 Å². The molecule has 1 rings (SSSR count). The van der Waals surface area contributed by atoms with Crippen LogP contribution in [0, 0.1) is 17.2 Å². The van der Waals surface area contributed by atoms with Crippen molar-refractivity contribution >= 4 is 21.6 Å². The lowest BCUT2D eigenvalue weighted by molar-refractivity contribution is -0.116. The van der Waals surface area contributed by atoms with Gasteiger partial charge in [0.15, 0.2) is 0 Å². The van der Waals surface area contributed by atoms with Crippen LogP contribution < -0.4 is 5.32 Å². The van der Waals surface area contributed by atoms with Crippen LogP contribution in [0.5, 0.6) is 0 Å². The number of amides is 1. The van der Waals surface area contributed by atoms with Crippen molar-refractivity contribution in [2.75, 3.05) is 24.7 Å². The van der Waals surface area contributed by atoms with E-state index in [1.54, 1.807) is 24.3 Å². The van der Waals surface area contributed by atoms with Crippen LogP contribution in [0.4, 0.5) is 5.69 Å². The molecule has 1 aromatic rings. The topological polar surface area (TPSA) is 90.3 Å². The molecular formula is C15H21N3O3S. The molecule has 7 heteroatoms. The molecule has 1 aromatic carbocycles. The van der Waals surface area contributed by atoms with Crippen molar-refractivity contribution < 1.29 is 13.2 Å². The molecule has 0 aliphatic rings. The zero-order chi connectivity index (χ0) is 16.8. The van der Waals surface area contributed by atoms with Crippen molar-refractivity contribution in [2.45, 2.75) is 20.3 Å². The third-order valence-electron chi connectivity index (χ3n) is 2.92. The van der Waals surface area contributed by atoms with Gasteiger partial charge in [0, 0.05) is 25.2 Å². The highest BCUT2D eigenvalue weighted by atomic mass is 32.2. The van der Waals surface area contributed by atoms with Gasteiger partial charge in [-0.05, 0) is 30.2 Å². The number of benzene rings is 1. The van der Waals surface area contributed by atoms with Crippen molar-refractivity contribution in [1.29, 1.82) is 5.26 Å². The molecule has 1 amide bonds. The number of hydrogen-bond donors (Lipinski definition) is 1. The lowest BCUT2D eigenvalue weighted by Gasteiger charge is -2.21. The second kappa shape index (κ2) is 7.92. The molecule has 0 bridgehead atoms. The molecule has 0 aromatic heterocycles. The summed E-state index contributed by atoms with van der Waals surface area (Å²) in [6, 6.07) is 8.49. The number of nitrogens with one attached hydrogen (secondary N) is 1. The maximum Gasteiger partial charge on any atom is 0.225 e. The molecular weight excluding hydrogens is 302 g/mol. The lowest BCUT2D eigenvalue weighted by Crippen LogP contribution is -2.35. The monoisotopic (exact) mass is 323 g/mol. The molecule has 6 nitrogen and oxygen atoms in total. The van der Waals surface area contributed by atoms with Crippen LogP contribution in [0.25, 0.3) is 0 Å². The van der Waals surface area contributed by atoms with Gasteiger partial charge in [-0.1, -0.05) is 13.8 Å². The summed E-state index contributed by atoms with van der Waals surface area (Å²) >= 11 is 0. The Kier molecular flexibility index (Phi) is 6.53. The van der Waals surface area contributed by atoms with E-state index >= 15 is 0 Å². The first-order chi connectivity index (χ1) is 10.2. The molecule has 120 valence electrons. The van der Waals surface area contributed by atoms with Gasteiger partial charge in [0.1, 0.15) is 0 Å². The molecule has 0 saturated heterocycles. The minimum atomic E-state index is -3.32. The van der Waals surface area contributed by atoms with Crippen molar-refractivity contribution in [2.24, 2.45) is 5.92 Å². The summed E-state index contributed by atoms with van der Waals surface area (Å²) in [7, 11) is -3.32. The maximum atomic E-state index is 11.9. The highest BCUT2D eigenvalue weighted by molar-refractivity contribution is 7.88. The number of nitriles is 1. The predicted molar refractivity (Wildman–Crippen MR) is 85.7 cm³/mol. The number of rotatable bonds is 7. The van der Waals surface area contributed by atoms with E-state index in [0.717, 1.165) is 6.26 Å². The van der Waals surface area contributed by atoms with Gasteiger partial charge in [0.05, 0.1) is 17.9 Å². The van der Waals surface area contributed by atoms with Gasteiger partial charge in [-0.15, -0.1) is 0 Å². The third-order valence-corrected chi connectivity index (χ3v) is 4.19. The van der Waals surface area contributed by atoms with Crippen molar-refractivity contribution in [1.82, 2.24) is 4.31 Å². The number of anilines is 1. The highest BCUT2D eigenvalue weighted by Gasteiger charge is 2.18. The molecule has 0 saturated carbocycles. The van der Waals surface area contributed by atoms with Crippen LogP contribution in [-0.4, -0.2) is 38.0 Å². The summed E-state index contributed by atoms with van der Waals surface area (Å²) in [5, 5.41) is 11.4. The fourth-order valence-electron chi connectivity index (χ4n) is 1.88. The summed E-state index contributed by atoms with van der Waals surface area (Å²) in [5.74, 6) is -0.0709. The molecule has 0 radical (unpaired) electrons. The summed E-state index contributed by atoms with van der Waals surface area (Å²) < 4.78 is 24.7. The normalized spacial score (nSPS) is 11.5. The van der Waals surface area contributed by atoms with Crippen LogP contribution in [0.1, 0.15) is 25.8 Å². The number of hydrogen-bond acceptors (Lipinski definition) is 4. The second-order valence-corrected chi connectivity index (χ2v) is 7.48. The Labute approximate surface area is 131 Å². The standard InChI is InChI=1S/C15H21N3O3S/c1-12(2)11-18(22(3,20)21)9-8-15(19)17-14-6-4-13(10-16)5-7-14/h4-7,12H,8-9,11H2,1-3H3,(H,17,19). The Balaban J connectivity index is 2.58. The van der Waals surface area contributed by atoms with E-state index in [-0.39, 0.29) is 24.8 Å². The van der Waals surface area contributed by atoms with Crippen LogP contribution in [0.3, 0.4) is 0 Å². The van der Waals surface area contributed by atoms with E-state index in [1.165, 1.54) is 4.31 Å². The van der Waals surface area contributed by atoms with Crippen molar-refractivity contribution in [3.8, 4) is 6.07 Å². The Hall–Kier alpha value is -1.91. The number of carbonyl (C=O) groups is 1. The fourth-order valence-corrected chi connectivity index (χ4v) is 2.87. The first kappa shape index (κ1) is 18.1. The predicted octanol–water partition coefficient (Wildman–Crippen LogP) is 1.80. The smallest absolute Gasteiger partial charge is 0.225 e. The first-order valence-electron chi connectivity index (χ1n) is 6.97. The summed E-state index contributed by atoms with van der Waals surface area (Å²) in [5.41, 5.74) is 1.09. The van der Waals surface area contributed by atoms with Gasteiger partial charge < -0.3 is 5.32 Å². The van der Waals surface area contributed by atoms with Crippen LogP contribution in [0.15, 0.2) is 24.3 Å². The Morgan fingerprint density at radius 3 is 2.36 bits per heavy atom.